The molecule has 0 fully saturated rings. The van der Waals surface area contributed by atoms with Crippen molar-refractivity contribution in [3.05, 3.63) is 29.6 Å². The van der Waals surface area contributed by atoms with Gasteiger partial charge in [0.1, 0.15) is 5.82 Å². The summed E-state index contributed by atoms with van der Waals surface area (Å²) in [6, 6.07) is 3.78. The third-order valence-corrected chi connectivity index (χ3v) is 4.78. The summed E-state index contributed by atoms with van der Waals surface area (Å²) in [5, 5.41) is 8.98. The Hall–Kier alpha value is -1.06. The average molecular weight is 306 g/mol. The van der Waals surface area contributed by atoms with Crippen LogP contribution in [0.4, 0.5) is 4.39 Å². The van der Waals surface area contributed by atoms with Crippen molar-refractivity contribution in [2.45, 2.75) is 11.4 Å². The summed E-state index contributed by atoms with van der Waals surface area (Å²) in [5.74, 6) is -0.663. The van der Waals surface area contributed by atoms with Gasteiger partial charge in [0.25, 0.3) is 0 Å². The van der Waals surface area contributed by atoms with E-state index in [4.69, 9.17) is 15.6 Å². The highest BCUT2D eigenvalue weighted by Crippen LogP contribution is 2.22. The molecule has 0 aromatic heterocycles. The van der Waals surface area contributed by atoms with E-state index in [1.54, 1.807) is 0 Å². The van der Waals surface area contributed by atoms with E-state index in [1.165, 1.54) is 19.2 Å². The number of sulfonamides is 1. The van der Waals surface area contributed by atoms with E-state index in [0.717, 1.165) is 10.4 Å². The minimum absolute atomic E-state index is 0.0622. The number of hydrogen-bond acceptors (Lipinski definition) is 5. The topological polar surface area (TPSA) is 92.9 Å². The molecule has 1 aromatic carbocycles. The second-order valence-corrected chi connectivity index (χ2v) is 5.95. The minimum atomic E-state index is -3.93. The highest BCUT2D eigenvalue weighted by molar-refractivity contribution is 7.89. The number of benzene rings is 1. The zero-order valence-electron chi connectivity index (χ0n) is 11.3. The van der Waals surface area contributed by atoms with Crippen molar-refractivity contribution in [1.29, 1.82) is 0 Å². The van der Waals surface area contributed by atoms with E-state index in [0.29, 0.717) is 0 Å². The molecular weight excluding hydrogens is 287 g/mol. The van der Waals surface area contributed by atoms with Crippen LogP contribution in [0.3, 0.4) is 0 Å². The number of aliphatic hydroxyl groups excluding tert-OH is 1. The summed E-state index contributed by atoms with van der Waals surface area (Å²) in [4.78, 5) is -0.176. The molecule has 0 amide bonds. The first-order chi connectivity index (χ1) is 9.48. The van der Waals surface area contributed by atoms with Crippen molar-refractivity contribution < 1.29 is 22.7 Å². The van der Waals surface area contributed by atoms with E-state index in [1.807, 2.05) is 0 Å². The predicted octanol–water partition coefficient (Wildman–Crippen LogP) is -0.0862. The molecule has 0 radical (unpaired) electrons. The minimum Gasteiger partial charge on any atom is -0.395 e. The molecule has 0 aliphatic rings. The van der Waals surface area contributed by atoms with Crippen molar-refractivity contribution in [2.75, 3.05) is 33.4 Å². The maximum absolute atomic E-state index is 13.6. The summed E-state index contributed by atoms with van der Waals surface area (Å²) in [5.41, 5.74) is 5.36. The summed E-state index contributed by atoms with van der Waals surface area (Å²) >= 11 is 0. The molecule has 0 atom stereocenters. The highest BCUT2D eigenvalue weighted by Gasteiger charge is 2.27. The lowest BCUT2D eigenvalue weighted by molar-refractivity contribution is 0.168. The second kappa shape index (κ2) is 7.65. The maximum atomic E-state index is 13.6. The molecule has 0 heterocycles. The Morgan fingerprint density at radius 1 is 1.40 bits per heavy atom. The van der Waals surface area contributed by atoms with Crippen LogP contribution in [0.5, 0.6) is 0 Å². The zero-order chi connectivity index (χ0) is 15.2. The van der Waals surface area contributed by atoms with Crippen LogP contribution < -0.4 is 5.73 Å². The van der Waals surface area contributed by atoms with Gasteiger partial charge in [-0.2, -0.15) is 4.31 Å². The molecule has 0 spiro atoms. The SMILES string of the molecule is COCCN(CCO)S(=O)(=O)c1cccc(F)c1CN. The van der Waals surface area contributed by atoms with Gasteiger partial charge >= 0.3 is 0 Å². The van der Waals surface area contributed by atoms with Gasteiger partial charge < -0.3 is 15.6 Å². The van der Waals surface area contributed by atoms with Gasteiger partial charge in [0, 0.05) is 32.3 Å². The van der Waals surface area contributed by atoms with Crippen LogP contribution in [-0.2, 0) is 21.3 Å². The first-order valence-electron chi connectivity index (χ1n) is 6.06. The van der Waals surface area contributed by atoms with Crippen LogP contribution in [0.25, 0.3) is 0 Å². The first kappa shape index (κ1) is 17.0. The molecule has 8 heteroatoms. The van der Waals surface area contributed by atoms with E-state index in [2.05, 4.69) is 0 Å². The van der Waals surface area contributed by atoms with E-state index in [-0.39, 0.29) is 43.3 Å². The predicted molar refractivity (Wildman–Crippen MR) is 72.0 cm³/mol. The second-order valence-electron chi connectivity index (χ2n) is 4.04. The number of ether oxygens (including phenoxy) is 1. The lowest BCUT2D eigenvalue weighted by atomic mass is 10.2. The van der Waals surface area contributed by atoms with Crippen LogP contribution >= 0.6 is 0 Å². The number of hydrogen-bond donors (Lipinski definition) is 2. The first-order valence-corrected chi connectivity index (χ1v) is 7.50. The van der Waals surface area contributed by atoms with Gasteiger partial charge in [-0.05, 0) is 12.1 Å². The average Bonchev–Trinajstić information content (AvgIpc) is 2.42. The molecule has 0 aliphatic heterocycles. The Morgan fingerprint density at radius 3 is 2.65 bits per heavy atom. The molecule has 3 N–H and O–H groups in total. The fraction of sp³-hybridized carbons (Fsp3) is 0.500. The lowest BCUT2D eigenvalue weighted by Crippen LogP contribution is -2.36. The molecule has 0 aliphatic carbocycles. The van der Waals surface area contributed by atoms with Gasteiger partial charge in [-0.15, -0.1) is 0 Å². The van der Waals surface area contributed by atoms with Crippen molar-refractivity contribution in [1.82, 2.24) is 4.31 Å². The third-order valence-electron chi connectivity index (χ3n) is 2.79. The van der Waals surface area contributed by atoms with Crippen molar-refractivity contribution in [3.63, 3.8) is 0 Å². The molecular formula is C12H19FN2O4S. The Balaban J connectivity index is 3.22. The summed E-state index contributed by atoms with van der Waals surface area (Å²) < 4.78 is 44.5. The Kier molecular flexibility index (Phi) is 6.50. The van der Waals surface area contributed by atoms with Crippen molar-refractivity contribution in [2.24, 2.45) is 5.73 Å². The van der Waals surface area contributed by atoms with E-state index >= 15 is 0 Å². The molecule has 20 heavy (non-hydrogen) atoms. The fourth-order valence-corrected chi connectivity index (χ4v) is 3.43. The standard InChI is InChI=1S/C12H19FN2O4S/c1-19-8-6-15(5-7-16)20(17,18)12-4-2-3-11(13)10(12)9-14/h2-4,16H,5-9,14H2,1H3. The van der Waals surface area contributed by atoms with E-state index in [9.17, 15) is 12.8 Å². The molecule has 0 saturated carbocycles. The van der Waals surface area contributed by atoms with E-state index < -0.39 is 15.8 Å². The van der Waals surface area contributed by atoms with Gasteiger partial charge in [0.05, 0.1) is 18.1 Å². The molecule has 0 saturated heterocycles. The number of nitrogens with two attached hydrogens (primary N) is 1. The van der Waals surface area contributed by atoms with Gasteiger partial charge in [0.2, 0.25) is 10.0 Å². The van der Waals surface area contributed by atoms with Crippen molar-refractivity contribution in [3.8, 4) is 0 Å². The highest BCUT2D eigenvalue weighted by atomic mass is 32.2. The van der Waals surface area contributed by atoms with Gasteiger partial charge in [-0.1, -0.05) is 6.07 Å². The largest absolute Gasteiger partial charge is 0.395 e. The van der Waals surface area contributed by atoms with Gasteiger partial charge in [0.15, 0.2) is 0 Å². The Morgan fingerprint density at radius 2 is 2.10 bits per heavy atom. The summed E-state index contributed by atoms with van der Waals surface area (Å²) in [6.45, 7) is -0.409. The normalized spacial score (nSPS) is 12.1. The molecule has 1 aromatic rings. The molecule has 0 unspecified atom stereocenters. The number of rotatable bonds is 8. The van der Waals surface area contributed by atoms with Gasteiger partial charge in [-0.3, -0.25) is 0 Å². The maximum Gasteiger partial charge on any atom is 0.243 e. The molecule has 114 valence electrons. The van der Waals surface area contributed by atoms with Crippen molar-refractivity contribution >= 4 is 10.0 Å². The van der Waals surface area contributed by atoms with Crippen LogP contribution in [0.15, 0.2) is 23.1 Å². The fourth-order valence-electron chi connectivity index (χ4n) is 1.77. The number of aliphatic hydroxyl groups is 1. The quantitative estimate of drug-likeness (QED) is 0.700. The van der Waals surface area contributed by atoms with Crippen LogP contribution in [0.2, 0.25) is 0 Å². The number of nitrogens with zero attached hydrogens (tertiary/aromatic N) is 1. The molecule has 1 rings (SSSR count). The van der Waals surface area contributed by atoms with Crippen LogP contribution in [0.1, 0.15) is 5.56 Å². The monoisotopic (exact) mass is 306 g/mol. The molecule has 6 nitrogen and oxygen atoms in total. The number of halogens is 1. The Labute approximate surface area is 118 Å². The number of methoxy groups -OCH3 is 1. The summed E-state index contributed by atoms with van der Waals surface area (Å²) in [6.07, 6.45) is 0. The lowest BCUT2D eigenvalue weighted by Gasteiger charge is -2.22. The van der Waals surface area contributed by atoms with Crippen LogP contribution in [0, 0.1) is 5.82 Å². The smallest absolute Gasteiger partial charge is 0.243 e. The zero-order valence-corrected chi connectivity index (χ0v) is 12.1. The third kappa shape index (κ3) is 3.74. The molecule has 0 bridgehead atoms. The van der Waals surface area contributed by atoms with Crippen LogP contribution in [-0.4, -0.2) is 51.2 Å². The van der Waals surface area contributed by atoms with Gasteiger partial charge in [-0.25, -0.2) is 12.8 Å². The Bertz CT molecular complexity index is 536. The summed E-state index contributed by atoms with van der Waals surface area (Å²) in [7, 11) is -2.49.